The number of carbonyl (C=O) groups excluding carboxylic acids is 1. The lowest BCUT2D eigenvalue weighted by molar-refractivity contribution is -0.369. The number of amides is 1. The molecule has 302 valence electrons. The number of carbonyl (C=O) groups is 1. The number of β-amino-alcohol motifs (C(OH)–C–C–N with tert-alkyl or cyclic N) is 1. The van der Waals surface area contributed by atoms with Gasteiger partial charge in [-0.3, -0.25) is 19.6 Å². The normalized spacial score (nSPS) is 28.7. The first-order chi connectivity index (χ1) is 27.5. The number of allylic oxidation sites excluding steroid dienone is 2. The van der Waals surface area contributed by atoms with E-state index in [-0.39, 0.29) is 36.1 Å². The van der Waals surface area contributed by atoms with Crippen LogP contribution in [-0.4, -0.2) is 124 Å². The van der Waals surface area contributed by atoms with Gasteiger partial charge in [0.1, 0.15) is 53.7 Å². The Morgan fingerprint density at radius 1 is 1.11 bits per heavy atom. The highest BCUT2D eigenvalue weighted by Gasteiger charge is 2.53. The zero-order valence-corrected chi connectivity index (χ0v) is 31.5. The Hall–Kier alpha value is -4.68. The van der Waals surface area contributed by atoms with Gasteiger partial charge in [0.05, 0.1) is 42.2 Å². The van der Waals surface area contributed by atoms with Gasteiger partial charge >= 0.3 is 0 Å². The summed E-state index contributed by atoms with van der Waals surface area (Å²) in [6, 6.07) is 3.22. The van der Waals surface area contributed by atoms with Crippen LogP contribution < -0.4 is 20.4 Å². The van der Waals surface area contributed by atoms with Gasteiger partial charge in [-0.2, -0.15) is 0 Å². The molecule has 1 aromatic heterocycles. The summed E-state index contributed by atoms with van der Waals surface area (Å²) < 4.78 is 13.5. The highest BCUT2D eigenvalue weighted by molar-refractivity contribution is 5.96. The first kappa shape index (κ1) is 37.9. The van der Waals surface area contributed by atoms with Gasteiger partial charge in [-0.25, -0.2) is 9.78 Å². The third kappa shape index (κ3) is 6.62. The van der Waals surface area contributed by atoms with E-state index in [1.54, 1.807) is 36.4 Å². The zero-order chi connectivity index (χ0) is 39.6. The van der Waals surface area contributed by atoms with Crippen LogP contribution in [0.5, 0.6) is 5.75 Å². The Balaban J connectivity index is 1.04. The van der Waals surface area contributed by atoms with Crippen LogP contribution in [0.4, 0.5) is 5.69 Å². The van der Waals surface area contributed by atoms with Gasteiger partial charge in [0.25, 0.3) is 0 Å². The molecule has 0 radical (unpaired) electrons. The van der Waals surface area contributed by atoms with E-state index >= 15 is 0 Å². The topological polar surface area (TPSA) is 219 Å². The average Bonchev–Trinajstić information content (AvgIpc) is 4.04. The van der Waals surface area contributed by atoms with Crippen molar-refractivity contribution in [3.63, 3.8) is 0 Å². The number of hydrogen-bond acceptors (Lipinski definition) is 15. The van der Waals surface area contributed by atoms with Crippen LogP contribution in [0.3, 0.4) is 0 Å². The summed E-state index contributed by atoms with van der Waals surface area (Å²) in [7, 11) is 0. The van der Waals surface area contributed by atoms with Crippen LogP contribution in [0.1, 0.15) is 43.4 Å². The second-order valence-corrected chi connectivity index (χ2v) is 16.3. The molecule has 7 heterocycles. The number of aliphatic hydroxyl groups is 5. The molecule has 1 spiro atoms. The molecule has 6 N–H and O–H groups in total. The van der Waals surface area contributed by atoms with Gasteiger partial charge in [0.2, 0.25) is 5.91 Å². The second kappa shape index (κ2) is 14.6. The molecule has 1 saturated heterocycles. The monoisotopic (exact) mass is 785 g/mol. The van der Waals surface area contributed by atoms with Crippen molar-refractivity contribution in [3.8, 4) is 5.75 Å². The summed E-state index contributed by atoms with van der Waals surface area (Å²) in [5.74, 6) is 1.24. The number of fused-ring (bicyclic) bond motifs is 4. The molecule has 1 aliphatic carbocycles. The molecule has 6 aliphatic heterocycles. The van der Waals surface area contributed by atoms with Crippen LogP contribution in [0, 0.1) is 18.8 Å². The molecule has 8 atom stereocenters. The second-order valence-electron chi connectivity index (χ2n) is 16.3. The summed E-state index contributed by atoms with van der Waals surface area (Å²) in [4.78, 5) is 50.4. The number of ether oxygens (including phenoxy) is 1. The van der Waals surface area contributed by atoms with Crippen molar-refractivity contribution < 1.29 is 49.3 Å². The van der Waals surface area contributed by atoms with Gasteiger partial charge in [-0.1, -0.05) is 0 Å². The smallest absolute Gasteiger partial charge is 0.220 e. The first-order valence-electron chi connectivity index (χ1n) is 19.6. The molecule has 1 saturated carbocycles. The Kier molecular flexibility index (Phi) is 9.71. The summed E-state index contributed by atoms with van der Waals surface area (Å²) in [5.41, 5.74) is 1.34. The number of hydrogen-bond donors (Lipinski definition) is 6. The van der Waals surface area contributed by atoms with E-state index in [1.807, 2.05) is 23.3 Å². The largest absolute Gasteiger partial charge is 0.482 e. The molecule has 0 unspecified atom stereocenters. The molecule has 0 bridgehead atoms. The van der Waals surface area contributed by atoms with E-state index in [1.165, 1.54) is 6.07 Å². The Bertz CT molecular complexity index is 2230. The molecular formula is C41H47N5O11. The van der Waals surface area contributed by atoms with E-state index in [2.05, 4.69) is 15.3 Å². The van der Waals surface area contributed by atoms with E-state index in [4.69, 9.17) is 18.9 Å². The van der Waals surface area contributed by atoms with Gasteiger partial charge in [0.15, 0.2) is 16.8 Å². The van der Waals surface area contributed by atoms with Crippen molar-refractivity contribution in [2.24, 2.45) is 21.8 Å². The summed E-state index contributed by atoms with van der Waals surface area (Å²) in [6.45, 7) is 1.33. The lowest BCUT2D eigenvalue weighted by Gasteiger charge is -2.49. The highest BCUT2D eigenvalue weighted by atomic mass is 17.2. The molecule has 9 rings (SSSR count). The highest BCUT2D eigenvalue weighted by Crippen LogP contribution is 2.52. The maximum Gasteiger partial charge on any atom is 0.220 e. The number of aryl methyl sites for hydroxylation is 1. The standard InChI is InChI=1S/C41H47N5O11/c1-22-11-31(48)27-12-25-13-34(57-54-20-33(50)41(53,39(52)32(49)19-47)21-45-10-6-28-30(45)5-9-42-28)40(7-2-3-23(15-40)26-14-35(51)44-16-26)56-37(25)36(38(27)55-22)46-17-24-4-8-43-29(24)18-46/h4-6,8-9,11-12,18,23,26,32-34,39,47,49-50,52-53H,2-3,7,10,13-17,19-21H2,1H3,(H,44,51)/t23-,26+,32-,33+,34-,39-,40-,41-/m1/s1. The molecule has 2 aromatic rings. The number of rotatable bonds is 12. The van der Waals surface area contributed by atoms with Crippen LogP contribution in [0.2, 0.25) is 0 Å². The number of anilines is 1. The van der Waals surface area contributed by atoms with E-state index in [0.717, 1.165) is 24.1 Å². The Morgan fingerprint density at radius 2 is 1.93 bits per heavy atom. The summed E-state index contributed by atoms with van der Waals surface area (Å²) in [5, 5.41) is 58.0. The predicted octanol–water partition coefficient (Wildman–Crippen LogP) is 1.06. The van der Waals surface area contributed by atoms with Crippen LogP contribution in [0.15, 0.2) is 78.4 Å². The minimum absolute atomic E-state index is 0.0158. The maximum atomic E-state index is 13.5. The van der Waals surface area contributed by atoms with E-state index in [9.17, 15) is 35.1 Å². The van der Waals surface area contributed by atoms with Crippen molar-refractivity contribution >= 4 is 35.0 Å². The van der Waals surface area contributed by atoms with Gasteiger partial charge in [-0.15, -0.1) is 0 Å². The molecule has 57 heavy (non-hydrogen) atoms. The third-order valence-corrected chi connectivity index (χ3v) is 12.7. The van der Waals surface area contributed by atoms with Gasteiger partial charge in [-0.05, 0) is 68.7 Å². The van der Waals surface area contributed by atoms with Gasteiger partial charge < -0.3 is 49.8 Å². The fourth-order valence-electron chi connectivity index (χ4n) is 9.61. The third-order valence-electron chi connectivity index (χ3n) is 12.7. The molecular weight excluding hydrogens is 738 g/mol. The minimum Gasteiger partial charge on any atom is -0.482 e. The summed E-state index contributed by atoms with van der Waals surface area (Å²) in [6.07, 6.45) is 7.95. The van der Waals surface area contributed by atoms with Gasteiger partial charge in [0, 0.05) is 61.8 Å². The van der Waals surface area contributed by atoms with Crippen molar-refractivity contribution in [1.29, 1.82) is 0 Å². The minimum atomic E-state index is -2.38. The van der Waals surface area contributed by atoms with E-state index in [0.29, 0.717) is 84.0 Å². The van der Waals surface area contributed by atoms with Crippen molar-refractivity contribution in [2.75, 3.05) is 44.3 Å². The van der Waals surface area contributed by atoms with Crippen LogP contribution in [-0.2, 0) is 21.0 Å². The molecule has 16 nitrogen and oxygen atoms in total. The molecule has 1 aromatic carbocycles. The van der Waals surface area contributed by atoms with Crippen molar-refractivity contribution in [1.82, 2.24) is 10.2 Å². The lowest BCUT2D eigenvalue weighted by atomic mass is 9.68. The Morgan fingerprint density at radius 3 is 2.72 bits per heavy atom. The van der Waals surface area contributed by atoms with Crippen LogP contribution in [0.25, 0.3) is 11.0 Å². The zero-order valence-electron chi connectivity index (χ0n) is 31.5. The van der Waals surface area contributed by atoms with Crippen molar-refractivity contribution in [2.45, 2.75) is 81.1 Å². The fraction of sp³-hybridized carbons (Fsp3) is 0.512. The predicted molar refractivity (Wildman–Crippen MR) is 206 cm³/mol. The Labute approximate surface area is 327 Å². The number of aliphatic imine (C=N–C) groups is 2. The molecule has 16 heteroatoms. The fourth-order valence-corrected chi connectivity index (χ4v) is 9.61. The van der Waals surface area contributed by atoms with E-state index < -0.39 is 48.8 Å². The van der Waals surface area contributed by atoms with Crippen molar-refractivity contribution in [3.05, 3.63) is 80.8 Å². The number of nitrogens with one attached hydrogen (secondary N) is 1. The molecule has 7 aliphatic rings. The number of nitrogens with zero attached hydrogens (tertiary/aromatic N) is 4. The first-order valence-corrected chi connectivity index (χ1v) is 19.6. The number of aliphatic hydroxyl groups excluding tert-OH is 4. The average molecular weight is 786 g/mol. The molecule has 1 amide bonds. The SMILES string of the molecule is Cc1cc(=O)c2cc3c(c(N4C=C5N=CC=C5C4)c2o1)O[C@@]1(CCC[C@@H]([C@@H]2CNC(=O)C2)C1)[C@H](OOC[C@H](O)[C@](O)(CN1CC=C2N=CC=C21)[C@H](O)[C@H](O)CO)C3. The molecule has 2 fully saturated rings. The maximum absolute atomic E-state index is 13.5. The lowest BCUT2D eigenvalue weighted by Crippen LogP contribution is -2.63. The number of benzene rings is 1. The summed E-state index contributed by atoms with van der Waals surface area (Å²) >= 11 is 0. The van der Waals surface area contributed by atoms with Crippen LogP contribution >= 0.6 is 0 Å². The quantitative estimate of drug-likeness (QED) is 0.131.